The van der Waals surface area contributed by atoms with Crippen LogP contribution in [0.3, 0.4) is 0 Å². The SMILES string of the molecule is N=Cc1ccncn1. The van der Waals surface area contributed by atoms with Gasteiger partial charge in [-0.2, -0.15) is 0 Å². The maximum atomic E-state index is 6.73. The van der Waals surface area contributed by atoms with Gasteiger partial charge in [0.25, 0.3) is 0 Å². The highest BCUT2D eigenvalue weighted by atomic mass is 14.8. The summed E-state index contributed by atoms with van der Waals surface area (Å²) in [6.45, 7) is 0. The predicted molar refractivity (Wildman–Crippen MR) is 29.9 cm³/mol. The summed E-state index contributed by atoms with van der Waals surface area (Å²) in [5.74, 6) is 0. The molecule has 3 heteroatoms. The molecule has 0 aliphatic carbocycles. The molecule has 1 rings (SSSR count). The van der Waals surface area contributed by atoms with Crippen LogP contribution in [0, 0.1) is 5.41 Å². The first-order valence-corrected chi connectivity index (χ1v) is 2.20. The van der Waals surface area contributed by atoms with Crippen molar-refractivity contribution in [2.24, 2.45) is 0 Å². The summed E-state index contributed by atoms with van der Waals surface area (Å²) < 4.78 is 0. The van der Waals surface area contributed by atoms with Gasteiger partial charge in [0.15, 0.2) is 0 Å². The van der Waals surface area contributed by atoms with Crippen molar-refractivity contribution in [2.75, 3.05) is 0 Å². The van der Waals surface area contributed by atoms with Gasteiger partial charge in [-0.1, -0.05) is 0 Å². The summed E-state index contributed by atoms with van der Waals surface area (Å²) in [4.78, 5) is 7.42. The van der Waals surface area contributed by atoms with E-state index in [0.29, 0.717) is 5.69 Å². The average Bonchev–Trinajstić information content (AvgIpc) is 1.90. The average molecular weight is 107 g/mol. The van der Waals surface area contributed by atoms with Crippen LogP contribution in [-0.2, 0) is 0 Å². The van der Waals surface area contributed by atoms with E-state index in [1.165, 1.54) is 12.5 Å². The molecule has 8 heavy (non-hydrogen) atoms. The van der Waals surface area contributed by atoms with E-state index in [-0.39, 0.29) is 0 Å². The topological polar surface area (TPSA) is 49.6 Å². The van der Waals surface area contributed by atoms with E-state index in [2.05, 4.69) is 9.97 Å². The third-order valence-corrected chi connectivity index (χ3v) is 0.753. The standard InChI is InChI=1S/C5H5N3/c6-3-5-1-2-7-4-8-5/h1-4,6H. The van der Waals surface area contributed by atoms with Crippen molar-refractivity contribution >= 4 is 6.21 Å². The Morgan fingerprint density at radius 2 is 2.50 bits per heavy atom. The van der Waals surface area contributed by atoms with Gasteiger partial charge in [-0.05, 0) is 6.07 Å². The lowest BCUT2D eigenvalue weighted by Crippen LogP contribution is -1.83. The monoisotopic (exact) mass is 107 g/mol. The molecule has 40 valence electrons. The molecule has 0 saturated heterocycles. The largest absolute Gasteiger partial charge is 0.307 e. The van der Waals surface area contributed by atoms with E-state index in [0.717, 1.165) is 0 Å². The fourth-order valence-corrected chi connectivity index (χ4v) is 0.386. The van der Waals surface area contributed by atoms with Gasteiger partial charge in [-0.15, -0.1) is 0 Å². The van der Waals surface area contributed by atoms with Crippen molar-refractivity contribution in [1.82, 2.24) is 9.97 Å². The Labute approximate surface area is 46.9 Å². The fourth-order valence-electron chi connectivity index (χ4n) is 0.386. The van der Waals surface area contributed by atoms with Crippen LogP contribution in [0.5, 0.6) is 0 Å². The molecule has 0 aromatic carbocycles. The molecule has 0 bridgehead atoms. The quantitative estimate of drug-likeness (QED) is 0.530. The molecule has 0 spiro atoms. The van der Waals surface area contributed by atoms with Crippen molar-refractivity contribution in [1.29, 1.82) is 5.41 Å². The van der Waals surface area contributed by atoms with Crippen molar-refractivity contribution in [3.05, 3.63) is 24.3 Å². The van der Waals surface area contributed by atoms with Gasteiger partial charge < -0.3 is 5.41 Å². The number of hydrogen-bond donors (Lipinski definition) is 1. The summed E-state index contributed by atoms with van der Waals surface area (Å²) in [6, 6.07) is 1.67. The maximum Gasteiger partial charge on any atom is 0.116 e. The summed E-state index contributed by atoms with van der Waals surface area (Å²) in [5, 5.41) is 6.73. The lowest BCUT2D eigenvalue weighted by Gasteiger charge is -1.82. The van der Waals surface area contributed by atoms with E-state index in [4.69, 9.17) is 5.41 Å². The summed E-state index contributed by atoms with van der Waals surface area (Å²) in [5.41, 5.74) is 0.639. The second-order valence-corrected chi connectivity index (χ2v) is 1.28. The smallest absolute Gasteiger partial charge is 0.116 e. The molecule has 0 aliphatic rings. The highest BCUT2D eigenvalue weighted by Crippen LogP contribution is 1.81. The van der Waals surface area contributed by atoms with Crippen LogP contribution in [0.4, 0.5) is 0 Å². The van der Waals surface area contributed by atoms with Gasteiger partial charge in [0.05, 0.1) is 5.69 Å². The summed E-state index contributed by atoms with van der Waals surface area (Å²) in [6.07, 6.45) is 4.20. The predicted octanol–water partition coefficient (Wildman–Crippen LogP) is 0.474. The Morgan fingerprint density at radius 3 is 2.88 bits per heavy atom. The van der Waals surface area contributed by atoms with E-state index >= 15 is 0 Å². The maximum absolute atomic E-state index is 6.73. The van der Waals surface area contributed by atoms with Gasteiger partial charge >= 0.3 is 0 Å². The van der Waals surface area contributed by atoms with E-state index < -0.39 is 0 Å². The molecule has 1 heterocycles. The third-order valence-electron chi connectivity index (χ3n) is 0.753. The second-order valence-electron chi connectivity index (χ2n) is 1.28. The lowest BCUT2D eigenvalue weighted by atomic mass is 10.4. The number of hydrogen-bond acceptors (Lipinski definition) is 3. The van der Waals surface area contributed by atoms with Crippen molar-refractivity contribution < 1.29 is 0 Å². The lowest BCUT2D eigenvalue weighted by molar-refractivity contribution is 1.15. The zero-order valence-corrected chi connectivity index (χ0v) is 4.20. The minimum Gasteiger partial charge on any atom is -0.307 e. The van der Waals surface area contributed by atoms with Gasteiger partial charge in [0.1, 0.15) is 6.33 Å². The van der Waals surface area contributed by atoms with Gasteiger partial charge in [-0.25, -0.2) is 9.97 Å². The summed E-state index contributed by atoms with van der Waals surface area (Å²) >= 11 is 0. The Bertz CT molecular complexity index is 170. The first-order valence-electron chi connectivity index (χ1n) is 2.20. The van der Waals surface area contributed by atoms with Crippen LogP contribution in [-0.4, -0.2) is 16.2 Å². The third kappa shape index (κ3) is 0.872. The van der Waals surface area contributed by atoms with Gasteiger partial charge in [0.2, 0.25) is 0 Å². The van der Waals surface area contributed by atoms with Crippen LogP contribution < -0.4 is 0 Å². The van der Waals surface area contributed by atoms with Crippen LogP contribution in [0.1, 0.15) is 5.69 Å². The second kappa shape index (κ2) is 2.16. The fraction of sp³-hybridized carbons (Fsp3) is 0. The van der Waals surface area contributed by atoms with Crippen LogP contribution >= 0.6 is 0 Å². The zero-order valence-electron chi connectivity index (χ0n) is 4.20. The molecule has 1 aromatic rings. The number of nitrogens with one attached hydrogen (secondary N) is 1. The molecule has 0 aliphatic heterocycles. The summed E-state index contributed by atoms with van der Waals surface area (Å²) in [7, 11) is 0. The van der Waals surface area contributed by atoms with E-state index in [9.17, 15) is 0 Å². The first kappa shape index (κ1) is 4.90. The molecule has 0 radical (unpaired) electrons. The van der Waals surface area contributed by atoms with E-state index in [1.807, 2.05) is 0 Å². The van der Waals surface area contributed by atoms with Crippen LogP contribution in [0.25, 0.3) is 0 Å². The minimum atomic E-state index is 0.639. The molecule has 0 amide bonds. The minimum absolute atomic E-state index is 0.639. The van der Waals surface area contributed by atoms with Crippen LogP contribution in [0.2, 0.25) is 0 Å². The zero-order chi connectivity index (χ0) is 5.82. The Balaban J connectivity index is 2.99. The molecule has 0 atom stereocenters. The molecule has 0 unspecified atom stereocenters. The van der Waals surface area contributed by atoms with Gasteiger partial charge in [-0.3, -0.25) is 0 Å². The number of rotatable bonds is 1. The highest BCUT2D eigenvalue weighted by Gasteiger charge is 1.79. The molecule has 1 N–H and O–H groups in total. The van der Waals surface area contributed by atoms with Crippen molar-refractivity contribution in [3.63, 3.8) is 0 Å². The van der Waals surface area contributed by atoms with Crippen molar-refractivity contribution in [2.45, 2.75) is 0 Å². The highest BCUT2D eigenvalue weighted by molar-refractivity contribution is 5.73. The molecular formula is C5H5N3. The first-order chi connectivity index (χ1) is 3.93. The Hall–Kier alpha value is -1.25. The molecule has 3 nitrogen and oxygen atoms in total. The molecule has 0 saturated carbocycles. The van der Waals surface area contributed by atoms with Crippen LogP contribution in [0.15, 0.2) is 18.6 Å². The Kier molecular flexibility index (Phi) is 1.32. The Morgan fingerprint density at radius 1 is 1.62 bits per heavy atom. The normalized spacial score (nSPS) is 8.50. The van der Waals surface area contributed by atoms with Crippen molar-refractivity contribution in [3.8, 4) is 0 Å². The number of aromatic nitrogens is 2. The molecule has 0 fully saturated rings. The molecule has 1 aromatic heterocycles. The van der Waals surface area contributed by atoms with E-state index in [1.54, 1.807) is 12.3 Å². The molecular weight excluding hydrogens is 102 g/mol. The van der Waals surface area contributed by atoms with Gasteiger partial charge in [0, 0.05) is 12.4 Å². The number of nitrogens with zero attached hydrogens (tertiary/aromatic N) is 2.